The Hall–Kier alpha value is -1.19. The molecule has 0 radical (unpaired) electrons. The van der Waals surface area contributed by atoms with Gasteiger partial charge in [0.2, 0.25) is 0 Å². The molecule has 0 bridgehead atoms. The lowest BCUT2D eigenvalue weighted by Gasteiger charge is -2.15. The van der Waals surface area contributed by atoms with Crippen LogP contribution in [0.1, 0.15) is 38.3 Å². The van der Waals surface area contributed by atoms with E-state index in [0.29, 0.717) is 0 Å². The second kappa shape index (κ2) is 5.21. The number of aromatic nitrogens is 1. The van der Waals surface area contributed by atoms with Gasteiger partial charge < -0.3 is 5.32 Å². The Labute approximate surface area is 113 Å². The zero-order valence-electron chi connectivity index (χ0n) is 11.7. The predicted molar refractivity (Wildman–Crippen MR) is 78.4 cm³/mol. The topological polar surface area (TPSA) is 24.9 Å². The number of hydrogen-bond acceptors (Lipinski definition) is 3. The maximum Gasteiger partial charge on any atom is 0.115 e. The van der Waals surface area contributed by atoms with E-state index >= 15 is 0 Å². The highest BCUT2D eigenvalue weighted by atomic mass is 32.1. The lowest BCUT2D eigenvalue weighted by atomic mass is 10.0. The van der Waals surface area contributed by atoms with Gasteiger partial charge in [0.15, 0.2) is 0 Å². The fourth-order valence-electron chi connectivity index (χ4n) is 2.00. The van der Waals surface area contributed by atoms with Crippen LogP contribution in [0.25, 0.3) is 0 Å². The first-order chi connectivity index (χ1) is 8.52. The van der Waals surface area contributed by atoms with E-state index in [1.807, 2.05) is 7.05 Å². The van der Waals surface area contributed by atoms with Crippen LogP contribution in [0.15, 0.2) is 18.2 Å². The highest BCUT2D eigenvalue weighted by molar-refractivity contribution is 7.11. The van der Waals surface area contributed by atoms with Crippen LogP contribution in [-0.2, 0) is 0 Å². The fraction of sp³-hybridized carbons (Fsp3) is 0.400. The van der Waals surface area contributed by atoms with E-state index in [9.17, 15) is 0 Å². The third kappa shape index (κ3) is 2.47. The summed E-state index contributed by atoms with van der Waals surface area (Å²) in [6.45, 7) is 8.50. The van der Waals surface area contributed by atoms with Crippen LogP contribution in [0.5, 0.6) is 0 Å². The highest BCUT2D eigenvalue weighted by Crippen LogP contribution is 2.28. The van der Waals surface area contributed by atoms with Crippen LogP contribution in [0.2, 0.25) is 0 Å². The number of nitrogens with zero attached hydrogens (tertiary/aromatic N) is 1. The minimum atomic E-state index is 0.196. The maximum absolute atomic E-state index is 4.67. The third-order valence-corrected chi connectivity index (χ3v) is 4.58. The molecule has 1 heterocycles. The van der Waals surface area contributed by atoms with Gasteiger partial charge in [-0.05, 0) is 51.4 Å². The molecule has 0 aliphatic carbocycles. The maximum atomic E-state index is 4.67. The Bertz CT molecular complexity index is 538. The van der Waals surface area contributed by atoms with E-state index < -0.39 is 0 Å². The summed E-state index contributed by atoms with van der Waals surface area (Å²) in [5.41, 5.74) is 5.09. The number of nitrogens with one attached hydrogen (secondary N) is 1. The molecule has 1 N–H and O–H groups in total. The van der Waals surface area contributed by atoms with Gasteiger partial charge in [-0.3, -0.25) is 0 Å². The van der Waals surface area contributed by atoms with Gasteiger partial charge in [0.05, 0.1) is 11.7 Å². The Morgan fingerprint density at radius 3 is 2.33 bits per heavy atom. The molecular formula is C15H20N2S. The lowest BCUT2D eigenvalue weighted by molar-refractivity contribution is 0.684. The first-order valence-electron chi connectivity index (χ1n) is 6.21. The molecule has 96 valence electrons. The molecule has 0 spiro atoms. The Morgan fingerprint density at radius 2 is 1.83 bits per heavy atom. The van der Waals surface area contributed by atoms with E-state index in [1.54, 1.807) is 11.3 Å². The van der Waals surface area contributed by atoms with Crippen LogP contribution in [0.3, 0.4) is 0 Å². The smallest absolute Gasteiger partial charge is 0.115 e. The van der Waals surface area contributed by atoms with Crippen LogP contribution in [0.4, 0.5) is 0 Å². The summed E-state index contributed by atoms with van der Waals surface area (Å²) in [6, 6.07) is 6.82. The first-order valence-corrected chi connectivity index (χ1v) is 7.03. The average molecular weight is 260 g/mol. The van der Waals surface area contributed by atoms with Gasteiger partial charge >= 0.3 is 0 Å². The second-order valence-corrected chi connectivity index (χ2v) is 5.99. The number of aryl methyl sites for hydroxylation is 4. The van der Waals surface area contributed by atoms with Crippen molar-refractivity contribution in [1.82, 2.24) is 10.3 Å². The predicted octanol–water partition coefficient (Wildman–Crippen LogP) is 3.69. The molecule has 2 aromatic rings. The van der Waals surface area contributed by atoms with Crippen LogP contribution >= 0.6 is 11.3 Å². The van der Waals surface area contributed by atoms with E-state index in [2.05, 4.69) is 56.2 Å². The molecule has 2 nitrogen and oxygen atoms in total. The Morgan fingerprint density at radius 1 is 1.11 bits per heavy atom. The Balaban J connectivity index is 2.41. The quantitative estimate of drug-likeness (QED) is 0.910. The lowest BCUT2D eigenvalue weighted by Crippen LogP contribution is -2.17. The van der Waals surface area contributed by atoms with E-state index in [1.165, 1.54) is 21.6 Å². The van der Waals surface area contributed by atoms with Crippen molar-refractivity contribution in [2.45, 2.75) is 33.7 Å². The van der Waals surface area contributed by atoms with Crippen LogP contribution < -0.4 is 5.32 Å². The van der Waals surface area contributed by atoms with Gasteiger partial charge in [-0.1, -0.05) is 18.2 Å². The molecule has 0 amide bonds. The van der Waals surface area contributed by atoms with Gasteiger partial charge in [0, 0.05) is 4.88 Å². The first kappa shape index (κ1) is 13.2. The number of hydrogen-bond donors (Lipinski definition) is 1. The SMILES string of the molecule is CNC(c1ccc(C)c(C)c1)c1nc(C)c(C)s1. The summed E-state index contributed by atoms with van der Waals surface area (Å²) in [5, 5.41) is 4.52. The molecule has 1 aromatic carbocycles. The number of thiazole rings is 1. The number of benzene rings is 1. The molecule has 3 heteroatoms. The van der Waals surface area contributed by atoms with Crippen LogP contribution in [0, 0.1) is 27.7 Å². The standard InChI is InChI=1S/C15H20N2S/c1-9-6-7-13(8-10(9)2)14(16-5)15-17-11(3)12(4)18-15/h6-8,14,16H,1-5H3. The normalized spacial score (nSPS) is 12.7. The van der Waals surface area contributed by atoms with Crippen molar-refractivity contribution >= 4 is 11.3 Å². The van der Waals surface area contributed by atoms with E-state index in [4.69, 9.17) is 0 Å². The number of rotatable bonds is 3. The Kier molecular flexibility index (Phi) is 3.83. The zero-order chi connectivity index (χ0) is 13.3. The molecule has 1 atom stereocenters. The van der Waals surface area contributed by atoms with Crippen molar-refractivity contribution in [2.75, 3.05) is 7.05 Å². The van der Waals surface area contributed by atoms with E-state index in [-0.39, 0.29) is 6.04 Å². The molecule has 0 aliphatic heterocycles. The fourth-order valence-corrected chi connectivity index (χ4v) is 3.06. The van der Waals surface area contributed by atoms with Crippen molar-refractivity contribution in [1.29, 1.82) is 0 Å². The average Bonchev–Trinajstić information content (AvgIpc) is 2.65. The molecule has 0 saturated heterocycles. The van der Waals surface area contributed by atoms with E-state index in [0.717, 1.165) is 10.7 Å². The van der Waals surface area contributed by atoms with Crippen molar-refractivity contribution in [2.24, 2.45) is 0 Å². The minimum Gasteiger partial charge on any atom is -0.307 e. The minimum absolute atomic E-state index is 0.196. The third-order valence-electron chi connectivity index (χ3n) is 3.44. The molecule has 2 rings (SSSR count). The summed E-state index contributed by atoms with van der Waals surface area (Å²) in [4.78, 5) is 5.97. The van der Waals surface area contributed by atoms with Crippen molar-refractivity contribution in [3.05, 3.63) is 50.5 Å². The summed E-state index contributed by atoms with van der Waals surface area (Å²) < 4.78 is 0. The molecular weight excluding hydrogens is 240 g/mol. The molecule has 0 fully saturated rings. The molecule has 0 saturated carbocycles. The summed E-state index contributed by atoms with van der Waals surface area (Å²) in [6.07, 6.45) is 0. The highest BCUT2D eigenvalue weighted by Gasteiger charge is 2.17. The van der Waals surface area contributed by atoms with Gasteiger partial charge in [0.25, 0.3) is 0 Å². The van der Waals surface area contributed by atoms with Crippen LogP contribution in [-0.4, -0.2) is 12.0 Å². The molecule has 0 aliphatic rings. The summed E-state index contributed by atoms with van der Waals surface area (Å²) in [7, 11) is 1.99. The summed E-state index contributed by atoms with van der Waals surface area (Å²) >= 11 is 1.78. The second-order valence-electron chi connectivity index (χ2n) is 4.76. The molecule has 1 aromatic heterocycles. The van der Waals surface area contributed by atoms with Crippen molar-refractivity contribution in [3.8, 4) is 0 Å². The molecule has 18 heavy (non-hydrogen) atoms. The van der Waals surface area contributed by atoms with Gasteiger partial charge in [-0.15, -0.1) is 11.3 Å². The van der Waals surface area contributed by atoms with Gasteiger partial charge in [0.1, 0.15) is 5.01 Å². The van der Waals surface area contributed by atoms with Gasteiger partial charge in [-0.2, -0.15) is 0 Å². The van der Waals surface area contributed by atoms with Gasteiger partial charge in [-0.25, -0.2) is 4.98 Å². The summed E-state index contributed by atoms with van der Waals surface area (Å²) in [5.74, 6) is 0. The van der Waals surface area contributed by atoms with Crippen molar-refractivity contribution < 1.29 is 0 Å². The monoisotopic (exact) mass is 260 g/mol. The molecule has 1 unspecified atom stereocenters. The van der Waals surface area contributed by atoms with Crippen molar-refractivity contribution in [3.63, 3.8) is 0 Å². The largest absolute Gasteiger partial charge is 0.307 e. The zero-order valence-corrected chi connectivity index (χ0v) is 12.5.